The van der Waals surface area contributed by atoms with E-state index in [1.807, 2.05) is 6.08 Å². The Morgan fingerprint density at radius 1 is 1.04 bits per heavy atom. The van der Waals surface area contributed by atoms with E-state index < -0.39 is 23.9 Å². The van der Waals surface area contributed by atoms with Crippen molar-refractivity contribution < 1.29 is 75.6 Å². The fourth-order valence-electron chi connectivity index (χ4n) is 1.90. The molecule has 0 heterocycles. The van der Waals surface area contributed by atoms with Gasteiger partial charge >= 0.3 is 63.3 Å². The van der Waals surface area contributed by atoms with E-state index in [0.29, 0.717) is 6.42 Å². The number of carboxylic acid groups (broad SMARTS) is 1. The first kappa shape index (κ1) is 25.2. The summed E-state index contributed by atoms with van der Waals surface area (Å²) in [5, 5.41) is 10.2. The van der Waals surface area contributed by atoms with Crippen LogP contribution in [-0.4, -0.2) is 23.9 Å². The molecule has 0 rings (SSSR count). The van der Waals surface area contributed by atoms with E-state index in [1.165, 1.54) is 0 Å². The van der Waals surface area contributed by atoms with Crippen molar-refractivity contribution in [2.45, 2.75) is 70.3 Å². The topological polar surface area (TPSA) is 110 Å². The third kappa shape index (κ3) is 16.6. The van der Waals surface area contributed by atoms with Gasteiger partial charge in [-0.2, -0.15) is 0 Å². The number of hydrogen-bond acceptors (Lipinski definition) is 6. The van der Waals surface area contributed by atoms with E-state index in [1.54, 1.807) is 0 Å². The molecule has 1 atom stereocenters. The van der Waals surface area contributed by atoms with Crippen molar-refractivity contribution >= 4 is 17.9 Å². The summed E-state index contributed by atoms with van der Waals surface area (Å²) < 4.78 is 4.58. The number of allylic oxidation sites excluding steroid dienone is 1. The number of esters is 2. The van der Waals surface area contributed by atoms with Crippen LogP contribution in [0.15, 0.2) is 12.7 Å². The Kier molecular flexibility index (Phi) is 18.4. The summed E-state index contributed by atoms with van der Waals surface area (Å²) in [5.41, 5.74) is 5.42. The molecule has 0 aromatic carbocycles. The van der Waals surface area contributed by atoms with Crippen LogP contribution < -0.4 is 62.2 Å². The Bertz CT molecular complexity index is 373. The maximum atomic E-state index is 11.4. The van der Waals surface area contributed by atoms with E-state index in [2.05, 4.69) is 11.3 Å². The molecular weight excluding hydrogens is 325 g/mol. The smallest absolute Gasteiger partial charge is 0.550 e. The Morgan fingerprint density at radius 2 is 1.61 bits per heavy atom. The van der Waals surface area contributed by atoms with Gasteiger partial charge in [0.15, 0.2) is 0 Å². The fourth-order valence-corrected chi connectivity index (χ4v) is 1.90. The monoisotopic (exact) mass is 351 g/mol. The van der Waals surface area contributed by atoms with E-state index in [9.17, 15) is 19.5 Å². The number of nitrogens with two attached hydrogens (primary N) is 1. The van der Waals surface area contributed by atoms with Crippen LogP contribution in [0.3, 0.4) is 0 Å². The number of carboxylic acids is 1. The van der Waals surface area contributed by atoms with Crippen LogP contribution >= 0.6 is 0 Å². The van der Waals surface area contributed by atoms with Gasteiger partial charge in [-0.05, 0) is 32.1 Å². The molecule has 1 unspecified atom stereocenters. The summed E-state index contributed by atoms with van der Waals surface area (Å²) in [6.45, 7) is 3.66. The molecule has 23 heavy (non-hydrogen) atoms. The second-order valence-corrected chi connectivity index (χ2v) is 5.26. The Morgan fingerprint density at radius 3 is 2.17 bits per heavy atom. The summed E-state index contributed by atoms with van der Waals surface area (Å²) in [6, 6.07) is -1.10. The first-order valence-electron chi connectivity index (χ1n) is 7.78. The molecule has 0 fully saturated rings. The molecule has 7 heteroatoms. The molecule has 0 saturated heterocycles. The van der Waals surface area contributed by atoms with Gasteiger partial charge in [-0.1, -0.05) is 31.8 Å². The van der Waals surface area contributed by atoms with Crippen LogP contribution in [0, 0.1) is 0 Å². The number of carbonyl (C=O) groups excluding carboxylic acids is 3. The molecule has 0 radical (unpaired) electrons. The summed E-state index contributed by atoms with van der Waals surface area (Å²) in [7, 11) is 0. The van der Waals surface area contributed by atoms with Crippen molar-refractivity contribution in [3.8, 4) is 0 Å². The minimum atomic E-state index is -1.29. The number of ether oxygens (including phenoxy) is 1. The van der Waals surface area contributed by atoms with Crippen molar-refractivity contribution in [1.82, 2.24) is 0 Å². The van der Waals surface area contributed by atoms with Crippen molar-refractivity contribution in [3.05, 3.63) is 12.7 Å². The number of unbranched alkanes of at least 4 members (excludes halogenated alkanes) is 6. The van der Waals surface area contributed by atoms with Gasteiger partial charge in [0.2, 0.25) is 0 Å². The Balaban J connectivity index is 0. The third-order valence-corrected chi connectivity index (χ3v) is 3.22. The summed E-state index contributed by atoms with van der Waals surface area (Å²) in [4.78, 5) is 33.1. The van der Waals surface area contributed by atoms with E-state index in [-0.39, 0.29) is 70.6 Å². The van der Waals surface area contributed by atoms with Gasteiger partial charge in [0, 0.05) is 12.4 Å². The minimum absolute atomic E-state index is 0. The quantitative estimate of drug-likeness (QED) is 0.138. The number of carbonyl (C=O) groups is 3. The molecule has 0 aliphatic heterocycles. The van der Waals surface area contributed by atoms with Gasteiger partial charge in [0.05, 0.1) is 0 Å². The molecule has 0 spiro atoms. The standard InChI is InChI=1S/C16H27NO5.K/c1-2-3-4-5-6-7-8-9-10-15(20)22-16(21)13(17)11-12-14(18)19;/h2,13H,1,3-12,17H2,(H,18,19);/q;+1/p-1. The molecule has 0 aliphatic carbocycles. The zero-order valence-electron chi connectivity index (χ0n) is 14.1. The van der Waals surface area contributed by atoms with Crippen LogP contribution in [0.2, 0.25) is 0 Å². The minimum Gasteiger partial charge on any atom is -0.550 e. The Labute approximate surface area is 180 Å². The summed E-state index contributed by atoms with van der Waals surface area (Å²) in [6.07, 6.45) is 8.72. The van der Waals surface area contributed by atoms with E-state index >= 15 is 0 Å². The van der Waals surface area contributed by atoms with Crippen molar-refractivity contribution in [2.24, 2.45) is 5.73 Å². The van der Waals surface area contributed by atoms with Crippen LogP contribution in [0.5, 0.6) is 0 Å². The normalized spacial score (nSPS) is 11.2. The molecule has 0 aromatic rings. The van der Waals surface area contributed by atoms with Crippen molar-refractivity contribution in [3.63, 3.8) is 0 Å². The van der Waals surface area contributed by atoms with Gasteiger partial charge in [0.25, 0.3) is 0 Å². The first-order chi connectivity index (χ1) is 10.5. The molecule has 0 amide bonds. The maximum absolute atomic E-state index is 11.4. The van der Waals surface area contributed by atoms with E-state index in [4.69, 9.17) is 5.73 Å². The van der Waals surface area contributed by atoms with Gasteiger partial charge in [-0.25, -0.2) is 4.79 Å². The molecular formula is C16H26KNO5. The number of aliphatic carboxylic acids is 1. The van der Waals surface area contributed by atoms with Gasteiger partial charge in [-0.15, -0.1) is 6.58 Å². The third-order valence-electron chi connectivity index (χ3n) is 3.22. The average Bonchev–Trinajstić information content (AvgIpc) is 2.47. The van der Waals surface area contributed by atoms with E-state index in [0.717, 1.165) is 38.5 Å². The molecule has 0 aromatic heterocycles. The van der Waals surface area contributed by atoms with Crippen LogP contribution in [0.4, 0.5) is 0 Å². The summed E-state index contributed by atoms with van der Waals surface area (Å²) in [5.74, 6) is -2.78. The molecule has 2 N–H and O–H groups in total. The van der Waals surface area contributed by atoms with Gasteiger partial charge in [0.1, 0.15) is 6.04 Å². The largest absolute Gasteiger partial charge is 1.00 e. The SMILES string of the molecule is C=CCCCCCCCCC(=O)OC(=O)C(N)CCC(=O)[O-].[K+]. The van der Waals surface area contributed by atoms with Crippen LogP contribution in [0.25, 0.3) is 0 Å². The number of hydrogen-bond donors (Lipinski definition) is 1. The zero-order valence-corrected chi connectivity index (χ0v) is 17.2. The number of rotatable bonds is 13. The molecule has 0 bridgehead atoms. The predicted octanol–water partition coefficient (Wildman–Crippen LogP) is -1.78. The Hall–Kier alpha value is -0.0536. The molecule has 0 saturated carbocycles. The second-order valence-electron chi connectivity index (χ2n) is 5.26. The fraction of sp³-hybridized carbons (Fsp3) is 0.688. The van der Waals surface area contributed by atoms with Crippen molar-refractivity contribution in [2.75, 3.05) is 0 Å². The second kappa shape index (κ2) is 16.8. The maximum Gasteiger partial charge on any atom is 1.00 e. The van der Waals surface area contributed by atoms with Gasteiger partial charge in [-0.3, -0.25) is 4.79 Å². The molecule has 6 nitrogen and oxygen atoms in total. The van der Waals surface area contributed by atoms with Crippen LogP contribution in [0.1, 0.15) is 64.2 Å². The predicted molar refractivity (Wildman–Crippen MR) is 80.4 cm³/mol. The molecule has 126 valence electrons. The van der Waals surface area contributed by atoms with Crippen molar-refractivity contribution in [1.29, 1.82) is 0 Å². The first-order valence-corrected chi connectivity index (χ1v) is 7.78. The zero-order chi connectivity index (χ0) is 16.8. The van der Waals surface area contributed by atoms with Gasteiger partial charge < -0.3 is 20.4 Å². The average molecular weight is 351 g/mol. The molecule has 0 aliphatic rings. The summed E-state index contributed by atoms with van der Waals surface area (Å²) >= 11 is 0. The van der Waals surface area contributed by atoms with Crippen LogP contribution in [-0.2, 0) is 19.1 Å².